The Hall–Kier alpha value is -2.68. The van der Waals surface area contributed by atoms with E-state index in [2.05, 4.69) is 0 Å². The van der Waals surface area contributed by atoms with Crippen LogP contribution in [-0.4, -0.2) is 10.2 Å². The van der Waals surface area contributed by atoms with Crippen molar-refractivity contribution in [3.63, 3.8) is 0 Å². The Kier molecular flexibility index (Phi) is 2.18. The van der Waals surface area contributed by atoms with E-state index < -0.39 is 0 Å². The maximum atomic E-state index is 9.56. The zero-order valence-electron chi connectivity index (χ0n) is 10.6. The van der Waals surface area contributed by atoms with Crippen molar-refractivity contribution in [2.75, 3.05) is 0 Å². The Morgan fingerprint density at radius 3 is 2.45 bits per heavy atom. The number of phenolic OH excluding ortho intramolecular Hbond substituents is 2. The average molecular weight is 264 g/mol. The van der Waals surface area contributed by atoms with Crippen molar-refractivity contribution in [2.24, 2.45) is 0 Å². The van der Waals surface area contributed by atoms with Gasteiger partial charge < -0.3 is 14.9 Å². The molecule has 0 aromatic heterocycles. The van der Waals surface area contributed by atoms with Crippen LogP contribution < -0.4 is 4.74 Å². The molecule has 3 heteroatoms. The molecule has 0 aliphatic carbocycles. The fraction of sp³-hybridized carbons (Fsp3) is 0.0588. The Morgan fingerprint density at radius 2 is 1.55 bits per heavy atom. The van der Waals surface area contributed by atoms with E-state index in [1.165, 1.54) is 0 Å². The summed E-state index contributed by atoms with van der Waals surface area (Å²) in [5, 5.41) is 21.0. The van der Waals surface area contributed by atoms with Crippen molar-refractivity contribution < 1.29 is 14.9 Å². The van der Waals surface area contributed by atoms with Gasteiger partial charge in [-0.2, -0.15) is 0 Å². The minimum absolute atomic E-state index is 0.249. The molecule has 4 rings (SSSR count). The molecule has 0 radical (unpaired) electrons. The van der Waals surface area contributed by atoms with E-state index in [0.29, 0.717) is 6.61 Å². The third kappa shape index (κ3) is 1.53. The van der Waals surface area contributed by atoms with E-state index >= 15 is 0 Å². The molecule has 1 aliphatic rings. The maximum Gasteiger partial charge on any atom is 0.135 e. The highest BCUT2D eigenvalue weighted by atomic mass is 16.5. The fourth-order valence-corrected chi connectivity index (χ4v) is 2.77. The SMILES string of the molecule is Oc1ccc2c(c1)COc1c-2ccc2cc(O)ccc12. The molecule has 1 aliphatic heterocycles. The first-order valence-corrected chi connectivity index (χ1v) is 6.43. The number of rotatable bonds is 0. The quantitative estimate of drug-likeness (QED) is 0.649. The van der Waals surface area contributed by atoms with E-state index in [1.54, 1.807) is 24.3 Å². The molecule has 98 valence electrons. The number of hydrogen-bond acceptors (Lipinski definition) is 3. The number of fused-ring (bicyclic) bond motifs is 5. The molecule has 20 heavy (non-hydrogen) atoms. The van der Waals surface area contributed by atoms with Crippen LogP contribution in [0.15, 0.2) is 48.5 Å². The fourth-order valence-electron chi connectivity index (χ4n) is 2.77. The lowest BCUT2D eigenvalue weighted by atomic mass is 9.94. The maximum absolute atomic E-state index is 9.56. The highest BCUT2D eigenvalue weighted by molar-refractivity contribution is 5.96. The van der Waals surface area contributed by atoms with Gasteiger partial charge in [-0.05, 0) is 47.3 Å². The molecular weight excluding hydrogens is 252 g/mol. The summed E-state index contributed by atoms with van der Waals surface area (Å²) in [4.78, 5) is 0. The molecule has 0 bridgehead atoms. The number of phenols is 2. The van der Waals surface area contributed by atoms with Gasteiger partial charge in [-0.15, -0.1) is 0 Å². The van der Waals surface area contributed by atoms with E-state index in [0.717, 1.165) is 33.2 Å². The van der Waals surface area contributed by atoms with E-state index in [-0.39, 0.29) is 11.5 Å². The zero-order valence-corrected chi connectivity index (χ0v) is 10.6. The lowest BCUT2D eigenvalue weighted by molar-refractivity contribution is 0.305. The van der Waals surface area contributed by atoms with Gasteiger partial charge in [0.05, 0.1) is 0 Å². The highest BCUT2D eigenvalue weighted by Crippen LogP contribution is 2.43. The molecule has 0 saturated heterocycles. The number of hydrogen-bond donors (Lipinski definition) is 2. The molecule has 0 unspecified atom stereocenters. The molecule has 0 saturated carbocycles. The molecule has 0 amide bonds. The molecule has 3 nitrogen and oxygen atoms in total. The first-order chi connectivity index (χ1) is 9.72. The van der Waals surface area contributed by atoms with Crippen molar-refractivity contribution >= 4 is 10.8 Å². The lowest BCUT2D eigenvalue weighted by Gasteiger charge is -2.22. The zero-order chi connectivity index (χ0) is 13.7. The van der Waals surface area contributed by atoms with Crippen LogP contribution in [0.1, 0.15) is 5.56 Å². The molecule has 1 heterocycles. The summed E-state index contributed by atoms with van der Waals surface area (Å²) >= 11 is 0. The smallest absolute Gasteiger partial charge is 0.135 e. The minimum atomic E-state index is 0.249. The molecule has 3 aromatic carbocycles. The van der Waals surface area contributed by atoms with Crippen LogP contribution in [0, 0.1) is 0 Å². The number of benzene rings is 3. The van der Waals surface area contributed by atoms with Crippen LogP contribution in [0.5, 0.6) is 17.2 Å². The van der Waals surface area contributed by atoms with Crippen molar-refractivity contribution in [2.45, 2.75) is 6.61 Å². The highest BCUT2D eigenvalue weighted by Gasteiger charge is 2.19. The van der Waals surface area contributed by atoms with E-state index in [4.69, 9.17) is 4.74 Å². The summed E-state index contributed by atoms with van der Waals surface area (Å²) < 4.78 is 5.87. The summed E-state index contributed by atoms with van der Waals surface area (Å²) in [7, 11) is 0. The largest absolute Gasteiger partial charge is 0.508 e. The molecule has 0 atom stereocenters. The van der Waals surface area contributed by atoms with Crippen molar-refractivity contribution in [3.8, 4) is 28.4 Å². The molecule has 2 N–H and O–H groups in total. The second-order valence-corrected chi connectivity index (χ2v) is 4.98. The van der Waals surface area contributed by atoms with Crippen molar-refractivity contribution in [1.29, 1.82) is 0 Å². The van der Waals surface area contributed by atoms with E-state index in [1.807, 2.05) is 24.3 Å². The van der Waals surface area contributed by atoms with Crippen LogP contribution in [0.2, 0.25) is 0 Å². The third-order valence-electron chi connectivity index (χ3n) is 3.70. The van der Waals surface area contributed by atoms with Gasteiger partial charge in [0.1, 0.15) is 23.9 Å². The summed E-state index contributed by atoms with van der Waals surface area (Å²) in [6.07, 6.45) is 0. The normalized spacial score (nSPS) is 12.6. The van der Waals surface area contributed by atoms with Gasteiger partial charge in [0.25, 0.3) is 0 Å². The summed E-state index contributed by atoms with van der Waals surface area (Å²) in [5.74, 6) is 1.33. The Labute approximate surface area is 115 Å². The molecule has 0 spiro atoms. The van der Waals surface area contributed by atoms with Crippen molar-refractivity contribution in [1.82, 2.24) is 0 Å². The standard InChI is InChI=1S/C17H12O3/c18-12-3-6-15-10(7-12)1-4-16-14-5-2-13(19)8-11(14)9-20-17(15)16/h1-8,18-19H,9H2. The van der Waals surface area contributed by atoms with Gasteiger partial charge in [0.2, 0.25) is 0 Å². The second-order valence-electron chi connectivity index (χ2n) is 4.98. The van der Waals surface area contributed by atoms with Crippen LogP contribution in [0.25, 0.3) is 21.9 Å². The van der Waals surface area contributed by atoms with Crippen LogP contribution in [0.4, 0.5) is 0 Å². The predicted molar refractivity (Wildman–Crippen MR) is 77.0 cm³/mol. The average Bonchev–Trinajstić information content (AvgIpc) is 2.45. The Balaban J connectivity index is 2.03. The minimum Gasteiger partial charge on any atom is -0.508 e. The topological polar surface area (TPSA) is 49.7 Å². The van der Waals surface area contributed by atoms with Gasteiger partial charge >= 0.3 is 0 Å². The molecule has 3 aromatic rings. The number of ether oxygens (including phenoxy) is 1. The monoisotopic (exact) mass is 264 g/mol. The Morgan fingerprint density at radius 1 is 0.800 bits per heavy atom. The van der Waals surface area contributed by atoms with Gasteiger partial charge in [0.15, 0.2) is 0 Å². The summed E-state index contributed by atoms with van der Waals surface area (Å²) in [5.41, 5.74) is 3.08. The number of aromatic hydroxyl groups is 2. The first kappa shape index (κ1) is 11.2. The Bertz CT molecular complexity index is 837. The van der Waals surface area contributed by atoms with Crippen LogP contribution in [0.3, 0.4) is 0 Å². The third-order valence-corrected chi connectivity index (χ3v) is 3.70. The summed E-state index contributed by atoms with van der Waals surface area (Å²) in [6.45, 7) is 0.441. The van der Waals surface area contributed by atoms with E-state index in [9.17, 15) is 10.2 Å². The summed E-state index contributed by atoms with van der Waals surface area (Å²) in [6, 6.07) is 14.6. The van der Waals surface area contributed by atoms with Gasteiger partial charge in [-0.3, -0.25) is 0 Å². The second kappa shape index (κ2) is 3.90. The predicted octanol–water partition coefficient (Wildman–Crippen LogP) is 3.81. The lowest BCUT2D eigenvalue weighted by Crippen LogP contribution is -2.05. The first-order valence-electron chi connectivity index (χ1n) is 6.43. The van der Waals surface area contributed by atoms with Crippen LogP contribution in [-0.2, 0) is 6.61 Å². The van der Waals surface area contributed by atoms with Gasteiger partial charge in [-0.25, -0.2) is 0 Å². The van der Waals surface area contributed by atoms with Crippen LogP contribution >= 0.6 is 0 Å². The van der Waals surface area contributed by atoms with Gasteiger partial charge in [0, 0.05) is 16.5 Å². The van der Waals surface area contributed by atoms with Gasteiger partial charge in [-0.1, -0.05) is 12.1 Å². The van der Waals surface area contributed by atoms with Crippen molar-refractivity contribution in [3.05, 3.63) is 54.1 Å². The molecular formula is C17H12O3. The molecule has 0 fully saturated rings.